The first-order valence-corrected chi connectivity index (χ1v) is 5.37. The quantitative estimate of drug-likeness (QED) is 0.791. The molecule has 2 unspecified atom stereocenters. The van der Waals surface area contributed by atoms with Crippen LogP contribution >= 0.6 is 0 Å². The van der Waals surface area contributed by atoms with Crippen molar-refractivity contribution in [3.63, 3.8) is 0 Å². The topological polar surface area (TPSA) is 70.8 Å². The molecule has 0 radical (unpaired) electrons. The molecule has 0 aliphatic heterocycles. The van der Waals surface area contributed by atoms with E-state index in [1.54, 1.807) is 25.1 Å². The van der Waals surface area contributed by atoms with E-state index in [0.29, 0.717) is 0 Å². The van der Waals surface area contributed by atoms with Gasteiger partial charge in [-0.1, -0.05) is 18.2 Å². The Morgan fingerprint density at radius 3 is 2.67 bits per heavy atom. The number of rotatable bonds is 6. The summed E-state index contributed by atoms with van der Waals surface area (Å²) in [6, 6.07) is 6.08. The largest absolute Gasteiger partial charge is 0.444 e. The van der Waals surface area contributed by atoms with Crippen molar-refractivity contribution in [3.8, 4) is 0 Å². The molecule has 0 heterocycles. The summed E-state index contributed by atoms with van der Waals surface area (Å²) in [5.41, 5.74) is 5.22. The molecule has 1 aromatic rings. The lowest BCUT2D eigenvalue weighted by Gasteiger charge is -2.24. The van der Waals surface area contributed by atoms with E-state index < -0.39 is 24.1 Å². The number of methoxy groups -OCH3 is 1. The van der Waals surface area contributed by atoms with E-state index in [-0.39, 0.29) is 12.4 Å². The van der Waals surface area contributed by atoms with Gasteiger partial charge in [-0.2, -0.15) is 0 Å². The number of primary amides is 1. The molecule has 6 heteroatoms. The molecule has 100 valence electrons. The highest BCUT2D eigenvalue weighted by atomic mass is 19.1. The summed E-state index contributed by atoms with van der Waals surface area (Å²) in [5, 5.41) is 0. The fourth-order valence-corrected chi connectivity index (χ4v) is 1.57. The molecule has 18 heavy (non-hydrogen) atoms. The monoisotopic (exact) mass is 257 g/mol. The van der Waals surface area contributed by atoms with E-state index >= 15 is 0 Å². The van der Waals surface area contributed by atoms with Crippen LogP contribution in [0.3, 0.4) is 0 Å². The Kier molecular flexibility index (Phi) is 5.54. The summed E-state index contributed by atoms with van der Waals surface area (Å²) < 4.78 is 28.6. The second-order valence-electron chi connectivity index (χ2n) is 3.66. The van der Waals surface area contributed by atoms with E-state index in [1.165, 1.54) is 13.2 Å². The van der Waals surface area contributed by atoms with E-state index in [2.05, 4.69) is 0 Å². The van der Waals surface area contributed by atoms with Crippen LogP contribution in [0.25, 0.3) is 0 Å². The van der Waals surface area contributed by atoms with Crippen molar-refractivity contribution in [2.45, 2.75) is 19.1 Å². The predicted octanol–water partition coefficient (Wildman–Crippen LogP) is 1.97. The van der Waals surface area contributed by atoms with Gasteiger partial charge < -0.3 is 19.9 Å². The van der Waals surface area contributed by atoms with Gasteiger partial charge in [-0.25, -0.2) is 9.18 Å². The van der Waals surface area contributed by atoms with Gasteiger partial charge >= 0.3 is 6.09 Å². The Balaban J connectivity index is 2.90. The lowest BCUT2D eigenvalue weighted by Crippen LogP contribution is -2.28. The number of amides is 1. The molecule has 0 aromatic heterocycles. The van der Waals surface area contributed by atoms with Crippen molar-refractivity contribution in [2.75, 3.05) is 13.9 Å². The van der Waals surface area contributed by atoms with E-state index in [9.17, 15) is 9.18 Å². The highest BCUT2D eigenvalue weighted by Gasteiger charge is 2.25. The second kappa shape index (κ2) is 6.93. The van der Waals surface area contributed by atoms with Crippen LogP contribution < -0.4 is 5.73 Å². The minimum absolute atomic E-state index is 0.0501. The lowest BCUT2D eigenvalue weighted by atomic mass is 10.0. The molecule has 0 saturated heterocycles. The van der Waals surface area contributed by atoms with Gasteiger partial charge in [-0.05, 0) is 13.0 Å². The van der Waals surface area contributed by atoms with Crippen molar-refractivity contribution in [3.05, 3.63) is 35.6 Å². The van der Waals surface area contributed by atoms with Gasteiger partial charge in [-0.3, -0.25) is 0 Å². The van der Waals surface area contributed by atoms with Crippen LogP contribution in [0.4, 0.5) is 9.18 Å². The number of halogens is 1. The molecule has 2 atom stereocenters. The molecule has 0 aliphatic rings. The Bertz CT molecular complexity index is 399. The number of benzene rings is 1. The lowest BCUT2D eigenvalue weighted by molar-refractivity contribution is -0.112. The van der Waals surface area contributed by atoms with Crippen molar-refractivity contribution < 1.29 is 23.4 Å². The van der Waals surface area contributed by atoms with Crippen LogP contribution in [0, 0.1) is 5.82 Å². The third-order valence-corrected chi connectivity index (χ3v) is 2.31. The van der Waals surface area contributed by atoms with Crippen LogP contribution in [0.5, 0.6) is 0 Å². The molecule has 0 saturated carbocycles. The molecule has 1 aromatic carbocycles. The molecule has 0 bridgehead atoms. The summed E-state index contributed by atoms with van der Waals surface area (Å²) in [5.74, 6) is -0.446. The third kappa shape index (κ3) is 3.97. The Morgan fingerprint density at radius 1 is 1.44 bits per heavy atom. The van der Waals surface area contributed by atoms with Crippen molar-refractivity contribution in [1.82, 2.24) is 0 Å². The fourth-order valence-electron chi connectivity index (χ4n) is 1.57. The average Bonchev–Trinajstić information content (AvgIpc) is 2.31. The van der Waals surface area contributed by atoms with E-state index in [1.807, 2.05) is 0 Å². The highest BCUT2D eigenvalue weighted by molar-refractivity contribution is 5.64. The van der Waals surface area contributed by atoms with Gasteiger partial charge in [0.1, 0.15) is 24.8 Å². The van der Waals surface area contributed by atoms with Gasteiger partial charge in [0.2, 0.25) is 0 Å². The van der Waals surface area contributed by atoms with Crippen molar-refractivity contribution in [1.29, 1.82) is 0 Å². The number of nitrogens with two attached hydrogens (primary N) is 1. The molecule has 2 N–H and O–H groups in total. The molecular weight excluding hydrogens is 241 g/mol. The van der Waals surface area contributed by atoms with E-state index in [0.717, 1.165) is 0 Å². The van der Waals surface area contributed by atoms with Gasteiger partial charge in [0.25, 0.3) is 0 Å². The average molecular weight is 257 g/mol. The standard InChI is InChI=1S/C12H16FNO4/c1-8(18-12(14)15)11(17-7-16-2)9-5-3-4-6-10(9)13/h3-6,8,11H,7H2,1-2H3,(H2,14,15). The van der Waals surface area contributed by atoms with Gasteiger partial charge in [0.05, 0.1) is 0 Å². The second-order valence-corrected chi connectivity index (χ2v) is 3.66. The first kappa shape index (κ1) is 14.4. The predicted molar refractivity (Wildman–Crippen MR) is 62.2 cm³/mol. The number of ether oxygens (including phenoxy) is 3. The minimum Gasteiger partial charge on any atom is -0.444 e. The maximum Gasteiger partial charge on any atom is 0.404 e. The van der Waals surface area contributed by atoms with E-state index in [4.69, 9.17) is 19.9 Å². The van der Waals surface area contributed by atoms with Crippen molar-refractivity contribution >= 4 is 6.09 Å². The molecular formula is C12H16FNO4. The first-order valence-electron chi connectivity index (χ1n) is 5.37. The van der Waals surface area contributed by atoms with Crippen LogP contribution in [-0.2, 0) is 14.2 Å². The van der Waals surface area contributed by atoms with Crippen LogP contribution in [0.1, 0.15) is 18.6 Å². The van der Waals surface area contributed by atoms with Crippen molar-refractivity contribution in [2.24, 2.45) is 5.73 Å². The number of hydrogen-bond donors (Lipinski definition) is 1. The minimum atomic E-state index is -0.940. The SMILES string of the molecule is COCOC(c1ccccc1F)C(C)OC(N)=O. The zero-order chi connectivity index (χ0) is 13.5. The Morgan fingerprint density at radius 2 is 2.11 bits per heavy atom. The Hall–Kier alpha value is -1.66. The molecule has 0 spiro atoms. The number of carbonyl (C=O) groups excluding carboxylic acids is 1. The van der Waals surface area contributed by atoms with Crippen LogP contribution in [-0.4, -0.2) is 26.1 Å². The molecule has 0 aliphatic carbocycles. The first-order chi connectivity index (χ1) is 8.56. The third-order valence-electron chi connectivity index (χ3n) is 2.31. The maximum atomic E-state index is 13.7. The molecule has 0 fully saturated rings. The zero-order valence-corrected chi connectivity index (χ0v) is 10.3. The highest BCUT2D eigenvalue weighted by Crippen LogP contribution is 2.25. The Labute approximate surface area is 105 Å². The fraction of sp³-hybridized carbons (Fsp3) is 0.417. The summed E-state index contributed by atoms with van der Waals surface area (Å²) in [6.07, 6.45) is -2.45. The molecule has 1 amide bonds. The smallest absolute Gasteiger partial charge is 0.404 e. The number of carbonyl (C=O) groups is 1. The van der Waals surface area contributed by atoms with Gasteiger partial charge in [0.15, 0.2) is 0 Å². The van der Waals surface area contributed by atoms with Gasteiger partial charge in [0, 0.05) is 12.7 Å². The van der Waals surface area contributed by atoms with Crippen LogP contribution in [0.15, 0.2) is 24.3 Å². The molecule has 5 nitrogen and oxygen atoms in total. The maximum absolute atomic E-state index is 13.7. The van der Waals surface area contributed by atoms with Crippen LogP contribution in [0.2, 0.25) is 0 Å². The number of hydrogen-bond acceptors (Lipinski definition) is 4. The normalized spacial score (nSPS) is 13.9. The van der Waals surface area contributed by atoms with Gasteiger partial charge in [-0.15, -0.1) is 0 Å². The zero-order valence-electron chi connectivity index (χ0n) is 10.3. The summed E-state index contributed by atoms with van der Waals surface area (Å²) >= 11 is 0. The molecule has 1 rings (SSSR count). The summed E-state index contributed by atoms with van der Waals surface area (Å²) in [7, 11) is 1.44. The summed E-state index contributed by atoms with van der Waals surface area (Å²) in [6.45, 7) is 1.52. The summed E-state index contributed by atoms with van der Waals surface area (Å²) in [4.78, 5) is 10.7.